The van der Waals surface area contributed by atoms with Gasteiger partial charge in [-0.2, -0.15) is 10.2 Å². The highest BCUT2D eigenvalue weighted by atomic mass is 16.3. The Bertz CT molecular complexity index is 315. The molecule has 3 nitrogen and oxygen atoms in total. The number of hydrogen-bond donors (Lipinski definition) is 1. The molecule has 1 aliphatic carbocycles. The van der Waals surface area contributed by atoms with Crippen LogP contribution in [0.25, 0.3) is 0 Å². The van der Waals surface area contributed by atoms with Crippen molar-refractivity contribution in [3.05, 3.63) is 24.0 Å². The van der Waals surface area contributed by atoms with Crippen molar-refractivity contribution in [2.45, 2.75) is 45.1 Å². The van der Waals surface area contributed by atoms with Gasteiger partial charge < -0.3 is 5.11 Å². The van der Waals surface area contributed by atoms with E-state index in [0.717, 1.165) is 12.0 Å². The summed E-state index contributed by atoms with van der Waals surface area (Å²) in [5.74, 6) is 1.07. The first-order chi connectivity index (χ1) is 7.83. The van der Waals surface area contributed by atoms with Crippen LogP contribution in [-0.4, -0.2) is 15.3 Å². The highest BCUT2D eigenvalue weighted by Crippen LogP contribution is 2.39. The number of hydrogen-bond acceptors (Lipinski definition) is 3. The lowest BCUT2D eigenvalue weighted by atomic mass is 9.74. The van der Waals surface area contributed by atoms with Crippen LogP contribution >= 0.6 is 0 Å². The minimum atomic E-state index is -0.360. The minimum absolute atomic E-state index is 0.360. The number of aliphatic hydroxyl groups excluding tert-OH is 1. The van der Waals surface area contributed by atoms with E-state index >= 15 is 0 Å². The van der Waals surface area contributed by atoms with Crippen LogP contribution in [0, 0.1) is 11.8 Å². The topological polar surface area (TPSA) is 46.0 Å². The van der Waals surface area contributed by atoms with Crippen LogP contribution < -0.4 is 0 Å². The molecule has 0 saturated heterocycles. The van der Waals surface area contributed by atoms with Gasteiger partial charge in [0.25, 0.3) is 0 Å². The van der Waals surface area contributed by atoms with Crippen molar-refractivity contribution in [1.29, 1.82) is 0 Å². The Morgan fingerprint density at radius 1 is 1.38 bits per heavy atom. The van der Waals surface area contributed by atoms with Gasteiger partial charge in [0.1, 0.15) is 0 Å². The Balaban J connectivity index is 2.10. The molecule has 0 radical (unpaired) electrons. The number of rotatable bonds is 3. The van der Waals surface area contributed by atoms with Crippen LogP contribution in [0.2, 0.25) is 0 Å². The molecule has 2 rings (SSSR count). The Morgan fingerprint density at radius 2 is 2.19 bits per heavy atom. The second-order valence-corrected chi connectivity index (χ2v) is 4.74. The van der Waals surface area contributed by atoms with Crippen LogP contribution in [0.1, 0.15) is 50.7 Å². The zero-order valence-corrected chi connectivity index (χ0v) is 9.84. The van der Waals surface area contributed by atoms with Crippen molar-refractivity contribution < 1.29 is 5.11 Å². The van der Waals surface area contributed by atoms with Gasteiger partial charge in [0.05, 0.1) is 12.3 Å². The van der Waals surface area contributed by atoms with Gasteiger partial charge in [0, 0.05) is 11.8 Å². The summed E-state index contributed by atoms with van der Waals surface area (Å²) in [4.78, 5) is 0. The Labute approximate surface area is 96.9 Å². The summed E-state index contributed by atoms with van der Waals surface area (Å²) in [6.07, 6.45) is 9.11. The lowest BCUT2D eigenvalue weighted by molar-refractivity contribution is 0.0448. The maximum absolute atomic E-state index is 10.4. The van der Waals surface area contributed by atoms with E-state index in [1.807, 2.05) is 6.07 Å². The SMILES string of the molecule is CCC1CCCCC1C(O)c1ccnnc1. The first kappa shape index (κ1) is 11.5. The van der Waals surface area contributed by atoms with E-state index in [1.54, 1.807) is 12.4 Å². The van der Waals surface area contributed by atoms with Crippen molar-refractivity contribution in [1.82, 2.24) is 10.2 Å². The molecule has 3 unspecified atom stereocenters. The van der Waals surface area contributed by atoms with Crippen LogP contribution in [0.3, 0.4) is 0 Å². The third-order valence-corrected chi connectivity index (χ3v) is 3.85. The third-order valence-electron chi connectivity index (χ3n) is 3.85. The highest BCUT2D eigenvalue weighted by Gasteiger charge is 2.30. The van der Waals surface area contributed by atoms with E-state index < -0.39 is 0 Å². The number of nitrogens with zero attached hydrogens (tertiary/aromatic N) is 2. The molecule has 0 aliphatic heterocycles. The molecule has 88 valence electrons. The summed E-state index contributed by atoms with van der Waals surface area (Å²) in [5.41, 5.74) is 0.917. The average molecular weight is 220 g/mol. The summed E-state index contributed by atoms with van der Waals surface area (Å²) < 4.78 is 0. The van der Waals surface area contributed by atoms with Crippen LogP contribution in [0.5, 0.6) is 0 Å². The molecule has 3 heteroatoms. The van der Waals surface area contributed by atoms with Crippen molar-refractivity contribution in [2.24, 2.45) is 11.8 Å². The van der Waals surface area contributed by atoms with Gasteiger partial charge >= 0.3 is 0 Å². The summed E-state index contributed by atoms with van der Waals surface area (Å²) in [6.45, 7) is 2.22. The van der Waals surface area contributed by atoms with E-state index in [-0.39, 0.29) is 6.10 Å². The largest absolute Gasteiger partial charge is 0.388 e. The van der Waals surface area contributed by atoms with E-state index in [2.05, 4.69) is 17.1 Å². The quantitative estimate of drug-likeness (QED) is 0.852. The van der Waals surface area contributed by atoms with E-state index in [4.69, 9.17) is 0 Å². The van der Waals surface area contributed by atoms with Gasteiger partial charge in [-0.05, 0) is 24.3 Å². The highest BCUT2D eigenvalue weighted by molar-refractivity contribution is 5.11. The van der Waals surface area contributed by atoms with Crippen LogP contribution in [0.4, 0.5) is 0 Å². The second kappa shape index (κ2) is 5.39. The van der Waals surface area contributed by atoms with Gasteiger partial charge in [-0.1, -0.05) is 32.6 Å². The molecule has 1 aromatic heterocycles. The molecule has 3 atom stereocenters. The lowest BCUT2D eigenvalue weighted by Gasteiger charge is -2.34. The molecule has 1 fully saturated rings. The van der Waals surface area contributed by atoms with E-state index in [9.17, 15) is 5.11 Å². The van der Waals surface area contributed by atoms with E-state index in [1.165, 1.54) is 25.7 Å². The number of aliphatic hydroxyl groups is 1. The molecular formula is C13H20N2O. The van der Waals surface area contributed by atoms with Crippen molar-refractivity contribution in [3.8, 4) is 0 Å². The zero-order chi connectivity index (χ0) is 11.4. The van der Waals surface area contributed by atoms with E-state index in [0.29, 0.717) is 11.8 Å². The number of aromatic nitrogens is 2. The molecule has 1 heterocycles. The Morgan fingerprint density at radius 3 is 2.88 bits per heavy atom. The van der Waals surface area contributed by atoms with Crippen LogP contribution in [-0.2, 0) is 0 Å². The molecule has 16 heavy (non-hydrogen) atoms. The molecule has 1 aromatic rings. The van der Waals surface area contributed by atoms with Crippen molar-refractivity contribution in [3.63, 3.8) is 0 Å². The normalized spacial score (nSPS) is 27.6. The molecule has 0 aromatic carbocycles. The predicted molar refractivity (Wildman–Crippen MR) is 62.7 cm³/mol. The van der Waals surface area contributed by atoms with Gasteiger partial charge in [0.2, 0.25) is 0 Å². The average Bonchev–Trinajstić information content (AvgIpc) is 2.39. The monoisotopic (exact) mass is 220 g/mol. The Kier molecular flexibility index (Phi) is 3.88. The molecule has 0 amide bonds. The molecular weight excluding hydrogens is 200 g/mol. The summed E-state index contributed by atoms with van der Waals surface area (Å²) in [5, 5.41) is 18.0. The first-order valence-electron chi connectivity index (χ1n) is 6.27. The van der Waals surface area contributed by atoms with Gasteiger partial charge in [-0.15, -0.1) is 0 Å². The maximum atomic E-state index is 10.4. The standard InChI is InChI=1S/C13H20N2O/c1-2-10-5-3-4-6-12(10)13(16)11-7-8-14-15-9-11/h7-10,12-13,16H,2-6H2,1H3. The lowest BCUT2D eigenvalue weighted by Crippen LogP contribution is -2.25. The van der Waals surface area contributed by atoms with Crippen molar-refractivity contribution >= 4 is 0 Å². The molecule has 1 aliphatic rings. The maximum Gasteiger partial charge on any atom is 0.0836 e. The summed E-state index contributed by atoms with van der Waals surface area (Å²) in [6, 6.07) is 1.87. The predicted octanol–water partition coefficient (Wildman–Crippen LogP) is 2.73. The molecule has 1 N–H and O–H groups in total. The molecule has 1 saturated carbocycles. The van der Waals surface area contributed by atoms with Crippen molar-refractivity contribution in [2.75, 3.05) is 0 Å². The molecule has 0 bridgehead atoms. The van der Waals surface area contributed by atoms with Gasteiger partial charge in [-0.3, -0.25) is 0 Å². The zero-order valence-electron chi connectivity index (χ0n) is 9.84. The summed E-state index contributed by atoms with van der Waals surface area (Å²) >= 11 is 0. The fraction of sp³-hybridized carbons (Fsp3) is 0.692. The summed E-state index contributed by atoms with van der Waals surface area (Å²) in [7, 11) is 0. The van der Waals surface area contributed by atoms with Gasteiger partial charge in [-0.25, -0.2) is 0 Å². The molecule has 0 spiro atoms. The van der Waals surface area contributed by atoms with Gasteiger partial charge in [0.15, 0.2) is 0 Å². The Hall–Kier alpha value is -0.960. The fourth-order valence-electron chi connectivity index (χ4n) is 2.88. The minimum Gasteiger partial charge on any atom is -0.388 e. The van der Waals surface area contributed by atoms with Crippen LogP contribution in [0.15, 0.2) is 18.5 Å². The third kappa shape index (κ3) is 2.40. The fourth-order valence-corrected chi connectivity index (χ4v) is 2.88. The smallest absolute Gasteiger partial charge is 0.0836 e. The second-order valence-electron chi connectivity index (χ2n) is 4.74. The first-order valence-corrected chi connectivity index (χ1v) is 6.27.